The quantitative estimate of drug-likeness (QED) is 0.770. The molecule has 1 aromatic rings. The molecular formula is C16H27FN2O. The van der Waals surface area contributed by atoms with Crippen molar-refractivity contribution in [2.45, 2.75) is 33.1 Å². The van der Waals surface area contributed by atoms with Crippen LogP contribution >= 0.6 is 0 Å². The summed E-state index contributed by atoms with van der Waals surface area (Å²) in [7, 11) is 0. The van der Waals surface area contributed by atoms with Crippen LogP contribution in [0, 0.1) is 17.7 Å². The summed E-state index contributed by atoms with van der Waals surface area (Å²) in [6.45, 7) is 7.97. The molecule has 0 fully saturated rings. The first kappa shape index (κ1) is 16.9. The Bertz CT molecular complexity index is 407. The van der Waals surface area contributed by atoms with Crippen LogP contribution in [0.2, 0.25) is 0 Å². The van der Waals surface area contributed by atoms with Gasteiger partial charge in [0.25, 0.3) is 0 Å². The van der Waals surface area contributed by atoms with E-state index in [9.17, 15) is 4.39 Å². The molecule has 0 aliphatic carbocycles. The Labute approximate surface area is 121 Å². The fourth-order valence-corrected chi connectivity index (χ4v) is 2.44. The molecule has 0 amide bonds. The zero-order valence-electron chi connectivity index (χ0n) is 12.7. The van der Waals surface area contributed by atoms with E-state index in [1.165, 1.54) is 6.07 Å². The number of hydrogen-bond acceptors (Lipinski definition) is 3. The minimum atomic E-state index is -0.236. The molecular weight excluding hydrogens is 255 g/mol. The average molecular weight is 282 g/mol. The van der Waals surface area contributed by atoms with Gasteiger partial charge in [-0.05, 0) is 55.5 Å². The highest BCUT2D eigenvalue weighted by atomic mass is 19.1. The van der Waals surface area contributed by atoms with Crippen LogP contribution in [0.4, 0.5) is 4.39 Å². The number of halogens is 1. The minimum Gasteiger partial charge on any atom is -0.493 e. The van der Waals surface area contributed by atoms with Gasteiger partial charge in [-0.25, -0.2) is 4.39 Å². The normalized spacial score (nSPS) is 14.3. The van der Waals surface area contributed by atoms with E-state index in [0.29, 0.717) is 19.7 Å². The van der Waals surface area contributed by atoms with E-state index in [1.54, 1.807) is 12.1 Å². The predicted octanol–water partition coefficient (Wildman–Crippen LogP) is 2.89. The van der Waals surface area contributed by atoms with Crippen molar-refractivity contribution in [3.63, 3.8) is 0 Å². The molecule has 0 bridgehead atoms. The molecule has 0 saturated carbocycles. The summed E-state index contributed by atoms with van der Waals surface area (Å²) in [6.07, 6.45) is 0.926. The minimum absolute atomic E-state index is 0.148. The van der Waals surface area contributed by atoms with E-state index in [-0.39, 0.29) is 23.6 Å². The summed E-state index contributed by atoms with van der Waals surface area (Å²) in [4.78, 5) is 0. The summed E-state index contributed by atoms with van der Waals surface area (Å²) < 4.78 is 19.3. The molecule has 0 aliphatic rings. The zero-order valence-corrected chi connectivity index (χ0v) is 12.7. The molecule has 2 unspecified atom stereocenters. The van der Waals surface area contributed by atoms with Crippen LogP contribution in [0.25, 0.3) is 0 Å². The highest BCUT2D eigenvalue weighted by molar-refractivity contribution is 5.37. The van der Waals surface area contributed by atoms with Crippen molar-refractivity contribution in [1.82, 2.24) is 0 Å². The largest absolute Gasteiger partial charge is 0.493 e. The van der Waals surface area contributed by atoms with Crippen LogP contribution in [-0.2, 0) is 0 Å². The lowest BCUT2D eigenvalue weighted by atomic mass is 9.80. The molecule has 1 aromatic carbocycles. The number of nitrogens with two attached hydrogens (primary N) is 2. The highest BCUT2D eigenvalue weighted by Gasteiger charge is 2.24. The lowest BCUT2D eigenvalue weighted by Crippen LogP contribution is -2.31. The molecule has 0 saturated heterocycles. The van der Waals surface area contributed by atoms with Crippen LogP contribution in [0.5, 0.6) is 5.75 Å². The number of ether oxygens (including phenoxy) is 1. The monoisotopic (exact) mass is 282 g/mol. The smallest absolute Gasteiger partial charge is 0.123 e. The van der Waals surface area contributed by atoms with E-state index < -0.39 is 0 Å². The second kappa shape index (κ2) is 8.22. The standard InChI is InChI=1S/C16H27FN2O/c1-4-7-20-16-6-5-14(17)8-15(16)12(3)11(2)13(9-18)10-19/h5-6,8,11-13H,4,7,9-10,18-19H2,1-3H3. The number of benzene rings is 1. The molecule has 4 heteroatoms. The van der Waals surface area contributed by atoms with Crippen molar-refractivity contribution in [2.75, 3.05) is 19.7 Å². The highest BCUT2D eigenvalue weighted by Crippen LogP contribution is 2.35. The molecule has 0 aliphatic heterocycles. The molecule has 2 atom stereocenters. The average Bonchev–Trinajstić information content (AvgIpc) is 2.46. The third kappa shape index (κ3) is 4.18. The molecule has 3 nitrogen and oxygen atoms in total. The van der Waals surface area contributed by atoms with Crippen LogP contribution in [-0.4, -0.2) is 19.7 Å². The fraction of sp³-hybridized carbons (Fsp3) is 0.625. The maximum atomic E-state index is 13.6. The van der Waals surface area contributed by atoms with E-state index in [1.807, 2.05) is 6.92 Å². The zero-order chi connectivity index (χ0) is 15.1. The van der Waals surface area contributed by atoms with E-state index >= 15 is 0 Å². The lowest BCUT2D eigenvalue weighted by molar-refractivity contribution is 0.293. The third-order valence-electron chi connectivity index (χ3n) is 4.06. The molecule has 1 rings (SSSR count). The van der Waals surface area contributed by atoms with Gasteiger partial charge >= 0.3 is 0 Å². The summed E-state index contributed by atoms with van der Waals surface area (Å²) >= 11 is 0. The molecule has 114 valence electrons. The van der Waals surface area contributed by atoms with Crippen molar-refractivity contribution >= 4 is 0 Å². The van der Waals surface area contributed by atoms with Gasteiger partial charge in [0.15, 0.2) is 0 Å². The van der Waals surface area contributed by atoms with Gasteiger partial charge in [0, 0.05) is 5.56 Å². The Morgan fingerprint density at radius 2 is 1.85 bits per heavy atom. The fourth-order valence-electron chi connectivity index (χ4n) is 2.44. The summed E-state index contributed by atoms with van der Waals surface area (Å²) in [5.41, 5.74) is 12.4. The van der Waals surface area contributed by atoms with E-state index in [2.05, 4.69) is 13.8 Å². The lowest BCUT2D eigenvalue weighted by Gasteiger charge is -2.28. The van der Waals surface area contributed by atoms with Gasteiger partial charge in [-0.2, -0.15) is 0 Å². The van der Waals surface area contributed by atoms with Crippen LogP contribution in [0.1, 0.15) is 38.7 Å². The van der Waals surface area contributed by atoms with Crippen molar-refractivity contribution < 1.29 is 9.13 Å². The molecule has 0 radical (unpaired) electrons. The van der Waals surface area contributed by atoms with Crippen molar-refractivity contribution in [3.05, 3.63) is 29.6 Å². The Morgan fingerprint density at radius 1 is 1.20 bits per heavy atom. The van der Waals surface area contributed by atoms with Crippen molar-refractivity contribution in [1.29, 1.82) is 0 Å². The molecule has 0 spiro atoms. The first-order chi connectivity index (χ1) is 9.54. The van der Waals surface area contributed by atoms with Crippen LogP contribution in [0.3, 0.4) is 0 Å². The first-order valence-electron chi connectivity index (χ1n) is 7.37. The summed E-state index contributed by atoms with van der Waals surface area (Å²) in [5, 5.41) is 0. The maximum absolute atomic E-state index is 13.6. The molecule has 4 N–H and O–H groups in total. The van der Waals surface area contributed by atoms with Crippen molar-refractivity contribution in [3.8, 4) is 5.75 Å². The number of rotatable bonds is 8. The third-order valence-corrected chi connectivity index (χ3v) is 4.06. The van der Waals surface area contributed by atoms with Gasteiger partial charge in [0.05, 0.1) is 6.61 Å². The second-order valence-corrected chi connectivity index (χ2v) is 5.41. The molecule has 20 heavy (non-hydrogen) atoms. The first-order valence-corrected chi connectivity index (χ1v) is 7.37. The van der Waals surface area contributed by atoms with Crippen LogP contribution < -0.4 is 16.2 Å². The van der Waals surface area contributed by atoms with Gasteiger partial charge < -0.3 is 16.2 Å². The Balaban J connectivity index is 3.00. The summed E-state index contributed by atoms with van der Waals surface area (Å²) in [5.74, 6) is 1.18. The topological polar surface area (TPSA) is 61.3 Å². The second-order valence-electron chi connectivity index (χ2n) is 5.41. The van der Waals surface area contributed by atoms with Gasteiger partial charge in [0.2, 0.25) is 0 Å². The number of hydrogen-bond donors (Lipinski definition) is 2. The predicted molar refractivity (Wildman–Crippen MR) is 81.4 cm³/mol. The van der Waals surface area contributed by atoms with Crippen molar-refractivity contribution in [2.24, 2.45) is 23.3 Å². The maximum Gasteiger partial charge on any atom is 0.123 e. The van der Waals surface area contributed by atoms with Gasteiger partial charge in [-0.1, -0.05) is 20.8 Å². The Kier molecular flexibility index (Phi) is 6.96. The van der Waals surface area contributed by atoms with E-state index in [0.717, 1.165) is 17.7 Å². The van der Waals surface area contributed by atoms with Gasteiger partial charge in [0.1, 0.15) is 11.6 Å². The summed E-state index contributed by atoms with van der Waals surface area (Å²) in [6, 6.07) is 4.72. The Hall–Kier alpha value is -1.13. The Morgan fingerprint density at radius 3 is 2.40 bits per heavy atom. The van der Waals surface area contributed by atoms with E-state index in [4.69, 9.17) is 16.2 Å². The molecule has 0 heterocycles. The SMILES string of the molecule is CCCOc1ccc(F)cc1C(C)C(C)C(CN)CN. The molecule has 0 aromatic heterocycles. The van der Waals surface area contributed by atoms with Gasteiger partial charge in [-0.3, -0.25) is 0 Å². The van der Waals surface area contributed by atoms with Gasteiger partial charge in [-0.15, -0.1) is 0 Å². The van der Waals surface area contributed by atoms with Crippen LogP contribution in [0.15, 0.2) is 18.2 Å².